The number of hydrogen-bond donors (Lipinski definition) is 3. The number of piperidine rings is 1. The van der Waals surface area contributed by atoms with Gasteiger partial charge in [0, 0.05) is 30.3 Å². The van der Waals surface area contributed by atoms with E-state index in [1.54, 1.807) is 0 Å². The number of nitrogens with zero attached hydrogens (tertiary/aromatic N) is 2. The molecule has 6 nitrogen and oxygen atoms in total. The highest BCUT2D eigenvalue weighted by molar-refractivity contribution is 5.86. The van der Waals surface area contributed by atoms with Gasteiger partial charge in [-0.1, -0.05) is 0 Å². The molecule has 1 saturated heterocycles. The van der Waals surface area contributed by atoms with Crippen LogP contribution in [0, 0.1) is 5.41 Å². The monoisotopic (exact) mass is 511 g/mol. The lowest BCUT2D eigenvalue weighted by molar-refractivity contribution is -0.137. The molecule has 182 valence electrons. The average Bonchev–Trinajstić information content (AvgIpc) is 2.94. The number of pyridine rings is 1. The summed E-state index contributed by atoms with van der Waals surface area (Å²) in [5.41, 5.74) is -1.32. The van der Waals surface area contributed by atoms with E-state index in [9.17, 15) is 23.4 Å². The van der Waals surface area contributed by atoms with Crippen LogP contribution < -0.4 is 10.1 Å². The van der Waals surface area contributed by atoms with Gasteiger partial charge < -0.3 is 25.2 Å². The van der Waals surface area contributed by atoms with E-state index < -0.39 is 29.4 Å². The highest BCUT2D eigenvalue weighted by Gasteiger charge is 2.45. The molecule has 2 heterocycles. The highest BCUT2D eigenvalue weighted by atomic mass is 35.5. The third kappa shape index (κ3) is 8.38. The molecule has 2 fully saturated rings. The molecule has 12 heteroatoms. The lowest BCUT2D eigenvalue weighted by Crippen LogP contribution is -2.46. The van der Waals surface area contributed by atoms with Crippen LogP contribution in [0.3, 0.4) is 0 Å². The zero-order valence-electron chi connectivity index (χ0n) is 17.2. The van der Waals surface area contributed by atoms with Crippen LogP contribution in [0.4, 0.5) is 13.2 Å². The van der Waals surface area contributed by atoms with Crippen LogP contribution in [-0.2, 0) is 6.18 Å². The molecule has 1 aromatic rings. The summed E-state index contributed by atoms with van der Waals surface area (Å²) in [6, 6.07) is 2.50. The second-order valence-electron chi connectivity index (χ2n) is 8.17. The van der Waals surface area contributed by atoms with Crippen LogP contribution in [0.2, 0.25) is 0 Å². The van der Waals surface area contributed by atoms with Crippen LogP contribution in [0.15, 0.2) is 18.3 Å². The molecule has 1 unspecified atom stereocenters. The summed E-state index contributed by atoms with van der Waals surface area (Å²) in [5.74, 6) is 0.0996. The average molecular weight is 513 g/mol. The molecule has 1 aromatic heterocycles. The third-order valence-electron chi connectivity index (χ3n) is 5.80. The first kappa shape index (κ1) is 30.4. The zero-order chi connectivity index (χ0) is 20.4. The van der Waals surface area contributed by atoms with Crippen molar-refractivity contribution in [3.8, 4) is 5.88 Å². The van der Waals surface area contributed by atoms with Crippen molar-refractivity contribution in [3.63, 3.8) is 0 Å². The smallest absolute Gasteiger partial charge is 0.417 e. The number of aliphatic hydroxyl groups is 2. The molecule has 3 rings (SSSR count). The second kappa shape index (κ2) is 12.6. The zero-order valence-corrected chi connectivity index (χ0v) is 19.6. The van der Waals surface area contributed by atoms with Crippen molar-refractivity contribution in [1.29, 1.82) is 0 Å². The number of hydrogen-bond acceptors (Lipinski definition) is 6. The minimum absolute atomic E-state index is 0. The first-order valence-electron chi connectivity index (χ1n) is 9.61. The van der Waals surface area contributed by atoms with Gasteiger partial charge in [-0.25, -0.2) is 4.98 Å². The van der Waals surface area contributed by atoms with Gasteiger partial charge in [-0.15, -0.1) is 37.2 Å². The molecule has 3 N–H and O–H groups in total. The summed E-state index contributed by atoms with van der Waals surface area (Å²) in [5, 5.41) is 23.6. The molecule has 3 atom stereocenters. The van der Waals surface area contributed by atoms with E-state index in [1.807, 2.05) is 0 Å². The quantitative estimate of drug-likeness (QED) is 0.544. The predicted molar refractivity (Wildman–Crippen MR) is 119 cm³/mol. The number of aromatic nitrogens is 1. The molecule has 1 saturated carbocycles. The Bertz CT molecular complexity index is 638. The van der Waals surface area contributed by atoms with Gasteiger partial charge in [0.25, 0.3) is 0 Å². The van der Waals surface area contributed by atoms with Crippen molar-refractivity contribution < 1.29 is 28.1 Å². The highest BCUT2D eigenvalue weighted by Crippen LogP contribution is 2.39. The molecule has 0 amide bonds. The van der Waals surface area contributed by atoms with Gasteiger partial charge in [-0.2, -0.15) is 13.2 Å². The van der Waals surface area contributed by atoms with Gasteiger partial charge in [0.1, 0.15) is 0 Å². The van der Waals surface area contributed by atoms with E-state index in [-0.39, 0.29) is 49.7 Å². The van der Waals surface area contributed by atoms with Crippen molar-refractivity contribution in [2.45, 2.75) is 50.1 Å². The minimum atomic E-state index is -4.44. The molecular formula is C19H31Cl3F3N3O3. The van der Waals surface area contributed by atoms with E-state index in [0.717, 1.165) is 38.2 Å². The van der Waals surface area contributed by atoms with E-state index in [1.165, 1.54) is 6.07 Å². The maximum absolute atomic E-state index is 12.7. The Morgan fingerprint density at radius 2 is 1.71 bits per heavy atom. The summed E-state index contributed by atoms with van der Waals surface area (Å²) < 4.78 is 43.6. The topological polar surface area (TPSA) is 77.9 Å². The summed E-state index contributed by atoms with van der Waals surface area (Å²) in [6.45, 7) is 2.76. The maximum Gasteiger partial charge on any atom is 0.417 e. The van der Waals surface area contributed by atoms with E-state index in [4.69, 9.17) is 4.74 Å². The van der Waals surface area contributed by atoms with Gasteiger partial charge in [0.15, 0.2) is 0 Å². The molecule has 0 aromatic carbocycles. The molecule has 1 aliphatic heterocycles. The molecule has 1 aliphatic carbocycles. The van der Waals surface area contributed by atoms with Gasteiger partial charge >= 0.3 is 6.18 Å². The van der Waals surface area contributed by atoms with Crippen molar-refractivity contribution in [2.75, 3.05) is 33.3 Å². The summed E-state index contributed by atoms with van der Waals surface area (Å²) in [7, 11) is 2.09. The summed E-state index contributed by atoms with van der Waals surface area (Å²) >= 11 is 0. The Balaban J connectivity index is 0.00000300. The van der Waals surface area contributed by atoms with Crippen molar-refractivity contribution in [2.24, 2.45) is 5.41 Å². The number of aliphatic hydroxyl groups excluding tert-OH is 2. The Labute approximate surface area is 199 Å². The lowest BCUT2D eigenvalue weighted by atomic mass is 9.86. The Morgan fingerprint density at radius 1 is 1.13 bits per heavy atom. The number of rotatable bonds is 6. The predicted octanol–water partition coefficient (Wildman–Crippen LogP) is 2.93. The second-order valence-corrected chi connectivity index (χ2v) is 8.17. The molecule has 2 aliphatic rings. The largest absolute Gasteiger partial charge is 0.477 e. The number of likely N-dealkylation sites (tertiary alicyclic amines) is 1. The fourth-order valence-electron chi connectivity index (χ4n) is 3.99. The van der Waals surface area contributed by atoms with Crippen LogP contribution in [0.1, 0.15) is 31.2 Å². The number of halogens is 6. The number of alkyl halides is 3. The summed E-state index contributed by atoms with van der Waals surface area (Å²) in [6.07, 6.45) is -2.56. The number of ether oxygens (including phenoxy) is 1. The van der Waals surface area contributed by atoms with Crippen molar-refractivity contribution >= 4 is 37.2 Å². The first-order valence-corrected chi connectivity index (χ1v) is 9.61. The Morgan fingerprint density at radius 3 is 2.19 bits per heavy atom. The van der Waals surface area contributed by atoms with Crippen molar-refractivity contribution in [3.05, 3.63) is 23.9 Å². The standard InChI is InChI=1S/C19H28F3N3O3.3ClH/c1-25-6-4-14(5-7-25)24-11-18(8-15(26)16(27)9-18)12-28-17-3-2-13(10-23-17)19(20,21)22;;;/h2-3,10,14-16,24,26-27H,4-9,11-12H2,1H3;3*1H/t15-,16+,18?;;;. The van der Waals surface area contributed by atoms with Gasteiger partial charge in [-0.05, 0) is 51.9 Å². The van der Waals surface area contributed by atoms with Crippen LogP contribution in [0.25, 0.3) is 0 Å². The molecule has 0 radical (unpaired) electrons. The fraction of sp³-hybridized carbons (Fsp3) is 0.737. The number of nitrogens with one attached hydrogen (secondary N) is 1. The van der Waals surface area contributed by atoms with E-state index in [2.05, 4.69) is 22.2 Å². The third-order valence-corrected chi connectivity index (χ3v) is 5.80. The molecule has 31 heavy (non-hydrogen) atoms. The fourth-order valence-corrected chi connectivity index (χ4v) is 3.99. The SMILES string of the molecule is CN1CCC(NCC2(COc3ccc(C(F)(F)F)cn3)C[C@@H](O)[C@@H](O)C2)CC1.Cl.Cl.Cl. The Kier molecular flexibility index (Phi) is 12.4. The first-order chi connectivity index (χ1) is 13.2. The lowest BCUT2D eigenvalue weighted by Gasteiger charge is -2.34. The normalized spacial score (nSPS) is 27.0. The Hall–Kier alpha value is -0.550. The van der Waals surface area contributed by atoms with Gasteiger partial charge in [0.2, 0.25) is 5.88 Å². The van der Waals surface area contributed by atoms with Crippen LogP contribution >= 0.6 is 37.2 Å². The van der Waals surface area contributed by atoms with Gasteiger partial charge in [0.05, 0.1) is 24.4 Å². The van der Waals surface area contributed by atoms with E-state index >= 15 is 0 Å². The van der Waals surface area contributed by atoms with Crippen LogP contribution in [0.5, 0.6) is 5.88 Å². The van der Waals surface area contributed by atoms with Crippen molar-refractivity contribution in [1.82, 2.24) is 15.2 Å². The van der Waals surface area contributed by atoms with Gasteiger partial charge in [-0.3, -0.25) is 0 Å². The van der Waals surface area contributed by atoms with Crippen LogP contribution in [-0.4, -0.2) is 71.6 Å². The molecule has 0 spiro atoms. The molecule has 0 bridgehead atoms. The maximum atomic E-state index is 12.7. The summed E-state index contributed by atoms with van der Waals surface area (Å²) in [4.78, 5) is 6.01. The minimum Gasteiger partial charge on any atom is -0.477 e. The molecular weight excluding hydrogens is 482 g/mol. The van der Waals surface area contributed by atoms with E-state index in [0.29, 0.717) is 25.4 Å².